The lowest BCUT2D eigenvalue weighted by atomic mass is 9.89. The van der Waals surface area contributed by atoms with Crippen molar-refractivity contribution >= 4 is 11.3 Å². The number of thiophene rings is 1. The van der Waals surface area contributed by atoms with Gasteiger partial charge in [-0.15, -0.1) is 11.3 Å². The van der Waals surface area contributed by atoms with E-state index in [-0.39, 0.29) is 11.4 Å². The summed E-state index contributed by atoms with van der Waals surface area (Å²) in [6.45, 7) is 0. The Balaban J connectivity index is 1.96. The third kappa shape index (κ3) is 1.90. The summed E-state index contributed by atoms with van der Waals surface area (Å²) in [7, 11) is 0. The van der Waals surface area contributed by atoms with E-state index in [1.54, 1.807) is 17.4 Å². The molecule has 1 aliphatic carbocycles. The number of fused-ring (bicyclic) bond motifs is 1. The largest absolute Gasteiger partial charge is 0.321 e. The van der Waals surface area contributed by atoms with Crippen molar-refractivity contribution < 1.29 is 4.39 Å². The second kappa shape index (κ2) is 3.93. The molecule has 0 bridgehead atoms. The second-order valence-corrected chi connectivity index (χ2v) is 5.75. The van der Waals surface area contributed by atoms with Crippen molar-refractivity contribution in [3.8, 4) is 0 Å². The minimum Gasteiger partial charge on any atom is -0.321 e. The van der Waals surface area contributed by atoms with Gasteiger partial charge in [0.25, 0.3) is 0 Å². The lowest BCUT2D eigenvalue weighted by Crippen LogP contribution is -2.36. The lowest BCUT2D eigenvalue weighted by molar-refractivity contribution is 0.442. The smallest absolute Gasteiger partial charge is 0.123 e. The van der Waals surface area contributed by atoms with Gasteiger partial charge in [-0.2, -0.15) is 0 Å². The van der Waals surface area contributed by atoms with Crippen LogP contribution >= 0.6 is 11.3 Å². The van der Waals surface area contributed by atoms with Gasteiger partial charge in [0.2, 0.25) is 0 Å². The van der Waals surface area contributed by atoms with E-state index < -0.39 is 0 Å². The van der Waals surface area contributed by atoms with Crippen LogP contribution < -0.4 is 5.73 Å². The van der Waals surface area contributed by atoms with Crippen LogP contribution in [-0.4, -0.2) is 0 Å². The molecular weight excluding hydrogens is 233 g/mol. The summed E-state index contributed by atoms with van der Waals surface area (Å²) in [6.07, 6.45) is 2.64. The molecule has 2 aromatic rings. The molecule has 1 nitrogen and oxygen atoms in total. The van der Waals surface area contributed by atoms with Crippen LogP contribution in [0.3, 0.4) is 0 Å². The van der Waals surface area contributed by atoms with Crippen LogP contribution in [-0.2, 0) is 18.4 Å². The monoisotopic (exact) mass is 247 g/mol. The fraction of sp³-hybridized carbons (Fsp3) is 0.286. The Morgan fingerprint density at radius 1 is 1.35 bits per heavy atom. The molecule has 1 atom stereocenters. The van der Waals surface area contributed by atoms with E-state index in [2.05, 4.69) is 11.4 Å². The summed E-state index contributed by atoms with van der Waals surface area (Å²) >= 11 is 1.73. The standard InChI is InChI=1S/C14H14FNS/c15-11-3-4-13-10(8-11)5-6-14(13,16)9-12-2-1-7-17-12/h1-4,7-8H,5-6,9,16H2. The van der Waals surface area contributed by atoms with Crippen LogP contribution in [0.4, 0.5) is 4.39 Å². The van der Waals surface area contributed by atoms with Crippen molar-refractivity contribution in [2.45, 2.75) is 24.8 Å². The average Bonchev–Trinajstić information content (AvgIpc) is 2.88. The number of aryl methyl sites for hydroxylation is 1. The SMILES string of the molecule is NC1(Cc2cccs2)CCc2cc(F)ccc21. The van der Waals surface area contributed by atoms with Crippen LogP contribution in [0, 0.1) is 5.82 Å². The number of rotatable bonds is 2. The van der Waals surface area contributed by atoms with E-state index in [1.807, 2.05) is 12.1 Å². The van der Waals surface area contributed by atoms with Gasteiger partial charge in [0.05, 0.1) is 0 Å². The van der Waals surface area contributed by atoms with Gasteiger partial charge in [0.1, 0.15) is 5.82 Å². The van der Waals surface area contributed by atoms with Crippen LogP contribution in [0.5, 0.6) is 0 Å². The van der Waals surface area contributed by atoms with E-state index >= 15 is 0 Å². The van der Waals surface area contributed by atoms with Crippen LogP contribution in [0.15, 0.2) is 35.7 Å². The first-order chi connectivity index (χ1) is 8.17. The Morgan fingerprint density at radius 2 is 2.24 bits per heavy atom. The maximum Gasteiger partial charge on any atom is 0.123 e. The summed E-state index contributed by atoms with van der Waals surface area (Å²) in [4.78, 5) is 1.30. The lowest BCUT2D eigenvalue weighted by Gasteiger charge is -2.24. The molecule has 1 aromatic carbocycles. The first-order valence-corrected chi connectivity index (χ1v) is 6.65. The van der Waals surface area contributed by atoms with E-state index in [0.717, 1.165) is 30.4 Å². The predicted octanol–water partition coefficient (Wildman–Crippen LogP) is 3.23. The highest BCUT2D eigenvalue weighted by Gasteiger charge is 2.35. The Labute approximate surface area is 104 Å². The minimum absolute atomic E-state index is 0.163. The molecule has 0 radical (unpaired) electrons. The fourth-order valence-electron chi connectivity index (χ4n) is 2.65. The Hall–Kier alpha value is -1.19. The van der Waals surface area contributed by atoms with Gasteiger partial charge in [-0.25, -0.2) is 4.39 Å². The van der Waals surface area contributed by atoms with E-state index in [0.29, 0.717) is 0 Å². The topological polar surface area (TPSA) is 26.0 Å². The van der Waals surface area contributed by atoms with Gasteiger partial charge in [0.15, 0.2) is 0 Å². The van der Waals surface area contributed by atoms with Crippen molar-refractivity contribution in [2.75, 3.05) is 0 Å². The molecule has 0 saturated heterocycles. The third-order valence-electron chi connectivity index (χ3n) is 3.51. The maximum absolute atomic E-state index is 13.2. The first kappa shape index (κ1) is 10.9. The van der Waals surface area contributed by atoms with Crippen LogP contribution in [0.2, 0.25) is 0 Å². The summed E-state index contributed by atoms with van der Waals surface area (Å²) < 4.78 is 13.2. The Bertz CT molecular complexity index is 535. The highest BCUT2D eigenvalue weighted by atomic mass is 32.1. The summed E-state index contributed by atoms with van der Waals surface area (Å²) in [6, 6.07) is 9.15. The molecule has 17 heavy (non-hydrogen) atoms. The van der Waals surface area contributed by atoms with Gasteiger partial charge in [-0.1, -0.05) is 12.1 Å². The van der Waals surface area contributed by atoms with E-state index in [9.17, 15) is 4.39 Å². The summed E-state index contributed by atoms with van der Waals surface area (Å²) in [5.41, 5.74) is 8.38. The molecule has 3 rings (SSSR count). The normalized spacial score (nSPS) is 22.7. The quantitative estimate of drug-likeness (QED) is 0.866. The molecular formula is C14H14FNS. The van der Waals surface area contributed by atoms with Crippen molar-refractivity contribution in [3.63, 3.8) is 0 Å². The Morgan fingerprint density at radius 3 is 3.00 bits per heavy atom. The van der Waals surface area contributed by atoms with Gasteiger partial charge >= 0.3 is 0 Å². The third-order valence-corrected chi connectivity index (χ3v) is 4.39. The van der Waals surface area contributed by atoms with Gasteiger partial charge in [-0.3, -0.25) is 0 Å². The molecule has 1 aliphatic rings. The van der Waals surface area contributed by atoms with Crippen molar-refractivity contribution in [2.24, 2.45) is 5.73 Å². The zero-order chi connectivity index (χ0) is 11.9. The van der Waals surface area contributed by atoms with E-state index in [1.165, 1.54) is 10.9 Å². The van der Waals surface area contributed by atoms with Crippen molar-refractivity contribution in [1.82, 2.24) is 0 Å². The van der Waals surface area contributed by atoms with Crippen molar-refractivity contribution in [3.05, 3.63) is 57.5 Å². The molecule has 2 N–H and O–H groups in total. The van der Waals surface area contributed by atoms with Crippen molar-refractivity contribution in [1.29, 1.82) is 0 Å². The highest BCUT2D eigenvalue weighted by molar-refractivity contribution is 7.09. The van der Waals surface area contributed by atoms with E-state index in [4.69, 9.17) is 5.73 Å². The molecule has 0 fully saturated rings. The van der Waals surface area contributed by atoms with Gasteiger partial charge in [0, 0.05) is 16.8 Å². The first-order valence-electron chi connectivity index (χ1n) is 5.78. The summed E-state index contributed by atoms with van der Waals surface area (Å²) in [5, 5.41) is 2.07. The molecule has 1 heterocycles. The molecule has 0 amide bonds. The maximum atomic E-state index is 13.2. The molecule has 0 aliphatic heterocycles. The van der Waals surface area contributed by atoms with Gasteiger partial charge < -0.3 is 5.73 Å². The number of nitrogens with two attached hydrogens (primary N) is 1. The Kier molecular flexibility index (Phi) is 2.53. The predicted molar refractivity (Wildman–Crippen MR) is 68.6 cm³/mol. The molecule has 0 spiro atoms. The zero-order valence-corrected chi connectivity index (χ0v) is 10.3. The van der Waals surface area contributed by atoms with Crippen LogP contribution in [0.1, 0.15) is 22.4 Å². The zero-order valence-electron chi connectivity index (χ0n) is 9.45. The fourth-order valence-corrected chi connectivity index (χ4v) is 3.48. The minimum atomic E-state index is -0.312. The number of halogens is 1. The second-order valence-electron chi connectivity index (χ2n) is 4.71. The van der Waals surface area contributed by atoms with Crippen LogP contribution in [0.25, 0.3) is 0 Å². The molecule has 1 aromatic heterocycles. The number of hydrogen-bond acceptors (Lipinski definition) is 2. The number of hydrogen-bond donors (Lipinski definition) is 1. The molecule has 88 valence electrons. The highest BCUT2D eigenvalue weighted by Crippen LogP contribution is 2.38. The molecule has 1 unspecified atom stereocenters. The molecule has 0 saturated carbocycles. The number of benzene rings is 1. The van der Waals surface area contributed by atoms with Gasteiger partial charge in [-0.05, 0) is 47.5 Å². The molecule has 3 heteroatoms. The summed E-state index contributed by atoms with van der Waals surface area (Å²) in [5.74, 6) is -0.163. The average molecular weight is 247 g/mol.